The van der Waals surface area contributed by atoms with E-state index in [0.717, 1.165) is 30.8 Å². The molecule has 0 saturated heterocycles. The zero-order chi connectivity index (χ0) is 19.1. The van der Waals surface area contributed by atoms with Gasteiger partial charge in [-0.05, 0) is 53.9 Å². The molecule has 0 fully saturated rings. The maximum absolute atomic E-state index is 4.98. The Kier molecular flexibility index (Phi) is 5.97. The third-order valence-corrected chi connectivity index (χ3v) is 4.42. The van der Waals surface area contributed by atoms with E-state index in [1.807, 2.05) is 28.8 Å². The van der Waals surface area contributed by atoms with Crippen LogP contribution in [0.1, 0.15) is 0 Å². The van der Waals surface area contributed by atoms with Crippen molar-refractivity contribution >= 4 is 53.7 Å². The summed E-state index contributed by atoms with van der Waals surface area (Å²) in [7, 11) is 0. The second-order valence-electron chi connectivity index (χ2n) is 5.04. The lowest BCUT2D eigenvalue weighted by Crippen LogP contribution is -1.87. The van der Waals surface area contributed by atoms with E-state index in [2.05, 4.69) is 109 Å². The van der Waals surface area contributed by atoms with Gasteiger partial charge < -0.3 is 0 Å². The molecule has 0 amide bonds. The van der Waals surface area contributed by atoms with Crippen molar-refractivity contribution in [2.24, 2.45) is 0 Å². The molecule has 1 nitrogen and oxygen atoms in total. The van der Waals surface area contributed by atoms with E-state index >= 15 is 0 Å². The first-order valence-corrected chi connectivity index (χ1v) is 9.15. The van der Waals surface area contributed by atoms with Crippen LogP contribution in [0.3, 0.4) is 0 Å². The van der Waals surface area contributed by atoms with Gasteiger partial charge in [-0.2, -0.15) is 0 Å². The highest BCUT2D eigenvalue weighted by Crippen LogP contribution is 2.32. The molecule has 0 radical (unpaired) electrons. The lowest BCUT2D eigenvalue weighted by molar-refractivity contribution is 1.26. The Morgan fingerprint density at radius 1 is 0.630 bits per heavy atom. The van der Waals surface area contributed by atoms with E-state index in [9.17, 15) is 0 Å². The highest BCUT2D eigenvalue weighted by molar-refractivity contribution is 9.10. The van der Waals surface area contributed by atoms with Gasteiger partial charge in [-0.1, -0.05) is 44.0 Å². The average molecular weight is 469 g/mol. The van der Waals surface area contributed by atoms with Crippen molar-refractivity contribution in [2.75, 3.05) is 0 Å². The summed E-state index contributed by atoms with van der Waals surface area (Å²) in [6.45, 7) is 0. The fourth-order valence-electron chi connectivity index (χ4n) is 2.42. The van der Waals surface area contributed by atoms with Gasteiger partial charge in [0.1, 0.15) is 0 Å². The van der Waals surface area contributed by atoms with Gasteiger partial charge in [0.2, 0.25) is 0 Å². The van der Waals surface area contributed by atoms with Gasteiger partial charge in [0.25, 0.3) is 0 Å². The fraction of sp³-hybridized carbons (Fsp3) is 0. The van der Waals surface area contributed by atoms with E-state index in [1.165, 1.54) is 0 Å². The Bertz CT molecular complexity index is 1360. The number of rotatable bonds is 0. The monoisotopic (exact) mass is 467 g/mol. The second-order valence-corrected chi connectivity index (χ2v) is 6.87. The predicted octanol–water partition coefficient (Wildman–Crippen LogP) is 4.78. The van der Waals surface area contributed by atoms with Gasteiger partial charge in [0, 0.05) is 55.4 Å². The van der Waals surface area contributed by atoms with Crippen molar-refractivity contribution in [1.82, 2.24) is 4.57 Å². The molecule has 1 heterocycles. The van der Waals surface area contributed by atoms with Gasteiger partial charge in [-0.25, -0.2) is 0 Å². The van der Waals surface area contributed by atoms with Crippen LogP contribution in [0.25, 0.3) is 21.8 Å². The molecule has 0 N–H and O–H groups in total. The van der Waals surface area contributed by atoms with Crippen molar-refractivity contribution in [3.8, 4) is 71.7 Å². The molecule has 3 heteroatoms. The highest BCUT2D eigenvalue weighted by atomic mass is 79.9. The largest absolute Gasteiger partial charge is 0.268 e. The topological polar surface area (TPSA) is 4.93 Å². The van der Waals surface area contributed by atoms with E-state index in [4.69, 9.17) is 6.42 Å². The zero-order valence-electron chi connectivity index (χ0n) is 13.7. The van der Waals surface area contributed by atoms with Crippen LogP contribution in [0.5, 0.6) is 0 Å². The Morgan fingerprint density at radius 3 is 1.56 bits per heavy atom. The van der Waals surface area contributed by atoms with E-state index in [1.54, 1.807) is 0 Å². The van der Waals surface area contributed by atoms with E-state index in [-0.39, 0.29) is 0 Å². The van der Waals surface area contributed by atoms with Crippen LogP contribution in [-0.2, 0) is 0 Å². The summed E-state index contributed by atoms with van der Waals surface area (Å²) >= 11 is 7.04. The number of benzene rings is 2. The summed E-state index contributed by atoms with van der Waals surface area (Å²) in [5.74, 6) is 25.4. The van der Waals surface area contributed by atoms with Gasteiger partial charge >= 0.3 is 0 Å². The lowest BCUT2D eigenvalue weighted by atomic mass is 10.2. The Labute approximate surface area is 174 Å². The van der Waals surface area contributed by atoms with Crippen LogP contribution >= 0.6 is 31.9 Å². The normalized spacial score (nSPS) is 8.33. The molecule has 0 saturated carbocycles. The van der Waals surface area contributed by atoms with E-state index in [0.29, 0.717) is 0 Å². The first kappa shape index (κ1) is 18.4. The smallest absolute Gasteiger partial charge is 0.0636 e. The van der Waals surface area contributed by atoms with Crippen LogP contribution < -0.4 is 0 Å². The molecule has 122 valence electrons. The summed E-state index contributed by atoms with van der Waals surface area (Å²) in [6.07, 6.45) is 4.98. The third-order valence-electron chi connectivity index (χ3n) is 3.43. The summed E-state index contributed by atoms with van der Waals surface area (Å²) in [6, 6.07) is 15.4. The molecule has 0 spiro atoms. The summed E-state index contributed by atoms with van der Waals surface area (Å²) in [4.78, 5) is 0. The fourth-order valence-corrected chi connectivity index (χ4v) is 3.12. The lowest BCUT2D eigenvalue weighted by Gasteiger charge is -1.97. The van der Waals surface area contributed by atoms with Crippen LogP contribution in [-0.4, -0.2) is 4.57 Å². The van der Waals surface area contributed by atoms with Crippen LogP contribution in [0, 0.1) is 71.7 Å². The zero-order valence-corrected chi connectivity index (χ0v) is 16.9. The first-order valence-electron chi connectivity index (χ1n) is 7.56. The second kappa shape index (κ2) is 8.78. The summed E-state index contributed by atoms with van der Waals surface area (Å²) < 4.78 is 3.91. The molecular weight excluding hydrogens is 462 g/mol. The third kappa shape index (κ3) is 4.40. The van der Waals surface area contributed by atoms with Crippen LogP contribution in [0.4, 0.5) is 0 Å². The van der Waals surface area contributed by atoms with Crippen molar-refractivity contribution in [2.45, 2.75) is 0 Å². The van der Waals surface area contributed by atoms with Crippen LogP contribution in [0.2, 0.25) is 0 Å². The first-order chi connectivity index (χ1) is 13.2. The minimum atomic E-state index is 0.989. The number of terminal acetylenes is 1. The van der Waals surface area contributed by atoms with Crippen molar-refractivity contribution in [1.29, 1.82) is 0 Å². The minimum absolute atomic E-state index is 0.989. The number of hydrogen-bond donors (Lipinski definition) is 0. The number of hydrogen-bond acceptors (Lipinski definition) is 0. The molecule has 1 aromatic heterocycles. The standard InChI is InChI=1S/C24H7Br2N/c1-2-3-4-5-6-7-8-9-10-11-16-27-23-17-19(25)12-14-21(23)22-15-13-20(26)18-24(22)27/h1,12-15,17-18H. The Morgan fingerprint density at radius 2 is 1.07 bits per heavy atom. The molecule has 3 rings (SSSR count). The van der Waals surface area contributed by atoms with Gasteiger partial charge in [0.15, 0.2) is 0 Å². The SMILES string of the molecule is C#CC#CC#CC#CC#CC#Cn1c2cc(Br)ccc2c2ccc(Br)cc21. The number of nitrogens with zero attached hydrogens (tertiary/aromatic N) is 1. The van der Waals surface area contributed by atoms with Gasteiger partial charge in [-0.3, -0.25) is 4.57 Å². The number of halogens is 2. The minimum Gasteiger partial charge on any atom is -0.268 e. The molecule has 0 aliphatic rings. The highest BCUT2D eigenvalue weighted by Gasteiger charge is 2.10. The quantitative estimate of drug-likeness (QED) is 0.418. The molecular formula is C24H7Br2N. The Hall–Kier alpha value is -3.44. The predicted molar refractivity (Wildman–Crippen MR) is 118 cm³/mol. The number of aromatic nitrogens is 1. The molecule has 0 unspecified atom stereocenters. The molecule has 3 aromatic rings. The molecule has 0 bridgehead atoms. The molecule has 2 aromatic carbocycles. The molecule has 0 aliphatic heterocycles. The van der Waals surface area contributed by atoms with Crippen LogP contribution in [0.15, 0.2) is 45.3 Å². The average Bonchev–Trinajstić information content (AvgIpc) is 2.95. The van der Waals surface area contributed by atoms with Gasteiger partial charge in [0.05, 0.1) is 11.0 Å². The Balaban J connectivity index is 2.00. The van der Waals surface area contributed by atoms with Gasteiger partial charge in [-0.15, -0.1) is 6.42 Å². The maximum atomic E-state index is 4.98. The van der Waals surface area contributed by atoms with E-state index < -0.39 is 0 Å². The maximum Gasteiger partial charge on any atom is 0.0636 e. The van der Waals surface area contributed by atoms with Crippen molar-refractivity contribution in [3.63, 3.8) is 0 Å². The molecule has 27 heavy (non-hydrogen) atoms. The summed E-state index contributed by atoms with van der Waals surface area (Å²) in [5, 5.41) is 2.26. The molecule has 0 atom stereocenters. The van der Waals surface area contributed by atoms with Crippen molar-refractivity contribution < 1.29 is 0 Å². The van der Waals surface area contributed by atoms with Crippen molar-refractivity contribution in [3.05, 3.63) is 45.3 Å². The molecule has 0 aliphatic carbocycles. The number of fused-ring (bicyclic) bond motifs is 3. The summed E-state index contributed by atoms with van der Waals surface area (Å²) in [5.41, 5.74) is 2.02.